The lowest BCUT2D eigenvalue weighted by Gasteiger charge is -2.22. The first-order chi connectivity index (χ1) is 19.1. The van der Waals surface area contributed by atoms with Crippen LogP contribution >= 0.6 is 46.4 Å². The first-order valence-corrected chi connectivity index (χ1v) is 14.6. The minimum Gasteiger partial charge on any atom is -0.369 e. The van der Waals surface area contributed by atoms with Crippen molar-refractivity contribution < 1.29 is 0 Å². The predicted octanol–water partition coefficient (Wildman–Crippen LogP) is 6.25. The fraction of sp³-hybridized carbons (Fsp3) is 0.333. The molecule has 2 N–H and O–H groups in total. The molecule has 0 unspecified atom stereocenters. The topological polar surface area (TPSA) is 81.0 Å². The Morgan fingerprint density at radius 1 is 0.667 bits per heavy atom. The summed E-state index contributed by atoms with van der Waals surface area (Å²) in [5.41, 5.74) is 10.6. The highest BCUT2D eigenvalue weighted by atomic mass is 35.5. The molecule has 0 saturated heterocycles. The summed E-state index contributed by atoms with van der Waals surface area (Å²) in [5.74, 6) is 3.08. The number of anilines is 4. The van der Waals surface area contributed by atoms with Crippen molar-refractivity contribution in [3.8, 4) is 0 Å². The molecule has 2 aromatic carbocycles. The monoisotopic (exact) mass is 608 g/mol. The quantitative estimate of drug-likeness (QED) is 0.114. The van der Waals surface area contributed by atoms with E-state index in [9.17, 15) is 0 Å². The SMILES string of the molecule is Cc1cc(NN=Cc2ccc(N(CCCl)CCCl)cc2)nc(NN=Cc2ccc(N(CCCl)CCCl)cc2)n1. The maximum Gasteiger partial charge on any atom is 0.245 e. The van der Waals surface area contributed by atoms with Crippen LogP contribution < -0.4 is 20.7 Å². The summed E-state index contributed by atoms with van der Waals surface area (Å²) in [4.78, 5) is 13.1. The molecule has 0 fully saturated rings. The molecule has 8 nitrogen and oxygen atoms in total. The summed E-state index contributed by atoms with van der Waals surface area (Å²) in [6.07, 6.45) is 3.43. The van der Waals surface area contributed by atoms with Gasteiger partial charge in [0.2, 0.25) is 5.95 Å². The van der Waals surface area contributed by atoms with Crippen molar-refractivity contribution in [3.05, 3.63) is 71.4 Å². The van der Waals surface area contributed by atoms with Gasteiger partial charge in [0.15, 0.2) is 5.82 Å². The molecule has 1 heterocycles. The summed E-state index contributed by atoms with van der Waals surface area (Å²) in [6.45, 7) is 4.84. The Labute approximate surface area is 250 Å². The zero-order valence-corrected chi connectivity index (χ0v) is 24.7. The van der Waals surface area contributed by atoms with Crippen LogP contribution in [0.2, 0.25) is 0 Å². The van der Waals surface area contributed by atoms with E-state index in [0.29, 0.717) is 35.3 Å². The number of halogens is 4. The molecule has 39 heavy (non-hydrogen) atoms. The predicted molar refractivity (Wildman–Crippen MR) is 169 cm³/mol. The second-order valence-electron chi connectivity index (χ2n) is 8.37. The fourth-order valence-electron chi connectivity index (χ4n) is 3.70. The summed E-state index contributed by atoms with van der Waals surface area (Å²) in [6, 6.07) is 17.8. The van der Waals surface area contributed by atoms with Gasteiger partial charge >= 0.3 is 0 Å². The van der Waals surface area contributed by atoms with E-state index >= 15 is 0 Å². The van der Waals surface area contributed by atoms with Gasteiger partial charge < -0.3 is 9.80 Å². The van der Waals surface area contributed by atoms with Crippen LogP contribution in [0.25, 0.3) is 0 Å². The van der Waals surface area contributed by atoms with E-state index in [0.717, 1.165) is 54.4 Å². The molecule has 0 spiro atoms. The highest BCUT2D eigenvalue weighted by molar-refractivity contribution is 6.19. The van der Waals surface area contributed by atoms with Crippen LogP contribution in [-0.4, -0.2) is 72.1 Å². The van der Waals surface area contributed by atoms with Crippen molar-refractivity contribution >= 4 is 82.0 Å². The summed E-state index contributed by atoms with van der Waals surface area (Å²) >= 11 is 23.6. The smallest absolute Gasteiger partial charge is 0.245 e. The lowest BCUT2D eigenvalue weighted by atomic mass is 10.2. The molecule has 208 valence electrons. The number of aryl methyl sites for hydroxylation is 1. The number of nitrogens with one attached hydrogen (secondary N) is 2. The summed E-state index contributed by atoms with van der Waals surface area (Å²) in [7, 11) is 0. The Morgan fingerprint density at radius 2 is 1.10 bits per heavy atom. The van der Waals surface area contributed by atoms with Gasteiger partial charge in [-0.1, -0.05) is 24.3 Å². The minimum absolute atomic E-state index is 0.360. The van der Waals surface area contributed by atoms with Gasteiger partial charge in [0.25, 0.3) is 0 Å². The number of rotatable bonds is 16. The molecule has 0 aliphatic heterocycles. The van der Waals surface area contributed by atoms with E-state index < -0.39 is 0 Å². The molecule has 0 radical (unpaired) electrons. The van der Waals surface area contributed by atoms with Gasteiger partial charge in [-0.2, -0.15) is 15.2 Å². The van der Waals surface area contributed by atoms with Crippen molar-refractivity contribution in [2.75, 3.05) is 70.4 Å². The maximum atomic E-state index is 5.91. The van der Waals surface area contributed by atoms with Crippen LogP contribution in [0.1, 0.15) is 16.8 Å². The molecule has 1 aromatic heterocycles. The van der Waals surface area contributed by atoms with E-state index in [1.807, 2.05) is 55.5 Å². The third kappa shape index (κ3) is 10.4. The lowest BCUT2D eigenvalue weighted by Crippen LogP contribution is -2.27. The van der Waals surface area contributed by atoms with Gasteiger partial charge in [0.05, 0.1) is 12.4 Å². The van der Waals surface area contributed by atoms with Gasteiger partial charge in [-0.05, 0) is 42.3 Å². The van der Waals surface area contributed by atoms with E-state index in [4.69, 9.17) is 46.4 Å². The van der Waals surface area contributed by atoms with Gasteiger partial charge in [-0.25, -0.2) is 10.4 Å². The standard InChI is InChI=1S/C27H32Cl4N8/c1-21-18-26(36-32-19-22-2-6-24(7-3-22)38(14-10-28)15-11-29)35-27(34-21)37-33-20-23-4-8-25(9-5-23)39(16-12-30)17-13-31/h2-9,18-20H,10-17H2,1H3,(H2,34,35,36,37). The van der Waals surface area contributed by atoms with Crippen molar-refractivity contribution in [1.82, 2.24) is 9.97 Å². The summed E-state index contributed by atoms with van der Waals surface area (Å²) in [5, 5.41) is 8.59. The van der Waals surface area contributed by atoms with Crippen molar-refractivity contribution in [2.24, 2.45) is 10.2 Å². The number of nitrogens with zero attached hydrogens (tertiary/aromatic N) is 6. The van der Waals surface area contributed by atoms with E-state index in [2.05, 4.69) is 40.8 Å². The van der Waals surface area contributed by atoms with Crippen molar-refractivity contribution in [3.63, 3.8) is 0 Å². The van der Waals surface area contributed by atoms with Crippen LogP contribution in [0.5, 0.6) is 0 Å². The first kappa shape index (κ1) is 30.8. The van der Waals surface area contributed by atoms with E-state index in [1.54, 1.807) is 18.5 Å². The highest BCUT2D eigenvalue weighted by Crippen LogP contribution is 2.17. The normalized spacial score (nSPS) is 11.3. The Hall–Kier alpha value is -2.78. The van der Waals surface area contributed by atoms with Gasteiger partial charge in [-0.3, -0.25) is 5.43 Å². The zero-order valence-electron chi connectivity index (χ0n) is 21.7. The van der Waals surface area contributed by atoms with Gasteiger partial charge in [0, 0.05) is 72.8 Å². The number of hydrogen-bond donors (Lipinski definition) is 2. The summed E-state index contributed by atoms with van der Waals surface area (Å²) < 4.78 is 0. The molecule has 0 amide bonds. The van der Waals surface area contributed by atoms with E-state index in [1.165, 1.54) is 0 Å². The largest absolute Gasteiger partial charge is 0.369 e. The average molecular weight is 610 g/mol. The molecule has 3 aromatic rings. The maximum absolute atomic E-state index is 5.91. The van der Waals surface area contributed by atoms with Crippen molar-refractivity contribution in [1.29, 1.82) is 0 Å². The Balaban J connectivity index is 1.57. The molecule has 0 aliphatic rings. The third-order valence-corrected chi connectivity index (χ3v) is 6.24. The number of hydrogen-bond acceptors (Lipinski definition) is 8. The number of aromatic nitrogens is 2. The van der Waals surface area contributed by atoms with Gasteiger partial charge in [0.1, 0.15) is 0 Å². The second-order valence-corrected chi connectivity index (χ2v) is 9.88. The molecular weight excluding hydrogens is 578 g/mol. The van der Waals surface area contributed by atoms with Gasteiger partial charge in [-0.15, -0.1) is 46.4 Å². The first-order valence-electron chi connectivity index (χ1n) is 12.4. The molecule has 3 rings (SSSR count). The Morgan fingerprint density at radius 3 is 1.54 bits per heavy atom. The zero-order chi connectivity index (χ0) is 27.9. The number of alkyl halides is 4. The van der Waals surface area contributed by atoms with Crippen LogP contribution in [0.4, 0.5) is 23.1 Å². The number of hydrazone groups is 2. The van der Waals surface area contributed by atoms with Crippen LogP contribution in [0.3, 0.4) is 0 Å². The molecule has 12 heteroatoms. The molecule has 0 bridgehead atoms. The van der Waals surface area contributed by atoms with Crippen LogP contribution in [0, 0.1) is 6.92 Å². The fourth-order valence-corrected chi connectivity index (χ4v) is 4.52. The third-order valence-electron chi connectivity index (χ3n) is 5.56. The molecule has 0 aliphatic carbocycles. The Bertz CT molecular complexity index is 1090. The van der Waals surface area contributed by atoms with Crippen LogP contribution in [0.15, 0.2) is 64.8 Å². The lowest BCUT2D eigenvalue weighted by molar-refractivity contribution is 0.874. The van der Waals surface area contributed by atoms with Crippen molar-refractivity contribution in [2.45, 2.75) is 6.92 Å². The molecule has 0 atom stereocenters. The minimum atomic E-state index is 0.360. The number of benzene rings is 2. The second kappa shape index (κ2) is 17.0. The van der Waals surface area contributed by atoms with E-state index in [-0.39, 0.29) is 0 Å². The molecular formula is C27H32Cl4N8. The molecule has 0 saturated carbocycles. The highest BCUT2D eigenvalue weighted by Gasteiger charge is 2.06. The average Bonchev–Trinajstić information content (AvgIpc) is 2.93. The Kier molecular flexibility index (Phi) is 13.4. The van der Waals surface area contributed by atoms with Crippen LogP contribution in [-0.2, 0) is 0 Å².